The molecule has 0 spiro atoms. The van der Waals surface area contributed by atoms with E-state index in [9.17, 15) is 9.59 Å². The van der Waals surface area contributed by atoms with Gasteiger partial charge in [0.2, 0.25) is 5.91 Å². The molecule has 2 aromatic carbocycles. The van der Waals surface area contributed by atoms with Crippen molar-refractivity contribution in [1.82, 2.24) is 4.90 Å². The minimum Gasteiger partial charge on any atom is -0.490 e. The van der Waals surface area contributed by atoms with Crippen LogP contribution >= 0.6 is 11.6 Å². The summed E-state index contributed by atoms with van der Waals surface area (Å²) in [5, 5.41) is 3.17. The van der Waals surface area contributed by atoms with Crippen LogP contribution in [0.5, 0.6) is 11.5 Å². The Balaban J connectivity index is 1.58. The monoisotopic (exact) mass is 430 g/mol. The maximum Gasteiger partial charge on any atom is 0.255 e. The zero-order valence-corrected chi connectivity index (χ0v) is 18.1. The van der Waals surface area contributed by atoms with Crippen molar-refractivity contribution in [3.8, 4) is 11.5 Å². The van der Waals surface area contributed by atoms with Crippen LogP contribution in [0, 0.1) is 0 Å². The van der Waals surface area contributed by atoms with Crippen LogP contribution in [0.3, 0.4) is 0 Å². The Morgan fingerprint density at radius 2 is 1.77 bits per heavy atom. The molecule has 0 saturated carbocycles. The lowest BCUT2D eigenvalue weighted by Gasteiger charge is -2.19. The summed E-state index contributed by atoms with van der Waals surface area (Å²) in [6, 6.07) is 10.7. The van der Waals surface area contributed by atoms with Crippen molar-refractivity contribution in [2.45, 2.75) is 33.1 Å². The number of rotatable bonds is 7. The highest BCUT2D eigenvalue weighted by molar-refractivity contribution is 6.34. The highest BCUT2D eigenvalue weighted by Gasteiger charge is 2.17. The zero-order valence-electron chi connectivity index (χ0n) is 17.4. The molecule has 0 radical (unpaired) electrons. The number of hydrogen-bond donors (Lipinski definition) is 1. The predicted octanol–water partition coefficient (Wildman–Crippen LogP) is 4.55. The average molecular weight is 431 g/mol. The molecule has 3 rings (SSSR count). The summed E-state index contributed by atoms with van der Waals surface area (Å²) in [6.45, 7) is 6.36. The number of fused-ring (bicyclic) bond motifs is 1. The van der Waals surface area contributed by atoms with E-state index in [4.69, 9.17) is 21.1 Å². The third kappa shape index (κ3) is 5.45. The van der Waals surface area contributed by atoms with E-state index in [1.807, 2.05) is 32.0 Å². The van der Waals surface area contributed by atoms with Crippen LogP contribution in [0.1, 0.15) is 42.6 Å². The number of benzene rings is 2. The number of amides is 2. The third-order valence-corrected chi connectivity index (χ3v) is 5.30. The van der Waals surface area contributed by atoms with Crippen LogP contribution in [-0.2, 0) is 11.2 Å². The number of ether oxygens (including phenoxy) is 2. The molecule has 1 aliphatic heterocycles. The van der Waals surface area contributed by atoms with Crippen LogP contribution in [0.2, 0.25) is 5.02 Å². The molecule has 1 heterocycles. The normalized spacial score (nSPS) is 12.8. The van der Waals surface area contributed by atoms with Crippen molar-refractivity contribution in [3.63, 3.8) is 0 Å². The van der Waals surface area contributed by atoms with Crippen molar-refractivity contribution in [3.05, 3.63) is 52.5 Å². The molecule has 0 fully saturated rings. The summed E-state index contributed by atoms with van der Waals surface area (Å²) >= 11 is 6.29. The summed E-state index contributed by atoms with van der Waals surface area (Å²) in [5.74, 6) is 1.23. The molecule has 7 heteroatoms. The Labute approximate surface area is 182 Å². The molecule has 160 valence electrons. The van der Waals surface area contributed by atoms with Gasteiger partial charge in [0.25, 0.3) is 5.91 Å². The first kappa shape index (κ1) is 22.0. The first-order valence-corrected chi connectivity index (χ1v) is 10.7. The summed E-state index contributed by atoms with van der Waals surface area (Å²) in [7, 11) is 0. The van der Waals surface area contributed by atoms with E-state index in [0.29, 0.717) is 55.4 Å². The van der Waals surface area contributed by atoms with E-state index in [1.165, 1.54) is 0 Å². The van der Waals surface area contributed by atoms with Crippen molar-refractivity contribution >= 4 is 29.1 Å². The second kappa shape index (κ2) is 10.3. The summed E-state index contributed by atoms with van der Waals surface area (Å²) in [6.07, 6.45) is 1.75. The van der Waals surface area contributed by atoms with E-state index in [2.05, 4.69) is 5.32 Å². The van der Waals surface area contributed by atoms with Gasteiger partial charge in [0.15, 0.2) is 11.5 Å². The molecule has 6 nitrogen and oxygen atoms in total. The van der Waals surface area contributed by atoms with Gasteiger partial charge in [0.1, 0.15) is 0 Å². The quantitative estimate of drug-likeness (QED) is 0.699. The molecule has 30 heavy (non-hydrogen) atoms. The number of carbonyl (C=O) groups is 2. The smallest absolute Gasteiger partial charge is 0.255 e. The SMILES string of the molecule is CCN(CC)C(=O)c1ccc(NC(=O)CCc2ccc3c(c2)OCCCO3)cc1Cl. The summed E-state index contributed by atoms with van der Waals surface area (Å²) < 4.78 is 11.3. The fraction of sp³-hybridized carbons (Fsp3) is 0.391. The highest BCUT2D eigenvalue weighted by Crippen LogP contribution is 2.31. The van der Waals surface area contributed by atoms with Gasteiger partial charge in [-0.15, -0.1) is 0 Å². The minimum absolute atomic E-state index is 0.114. The van der Waals surface area contributed by atoms with E-state index in [1.54, 1.807) is 23.1 Å². The van der Waals surface area contributed by atoms with Gasteiger partial charge in [-0.25, -0.2) is 0 Å². The van der Waals surface area contributed by atoms with Gasteiger partial charge >= 0.3 is 0 Å². The molecule has 0 saturated heterocycles. The molecule has 0 unspecified atom stereocenters. The molecule has 0 bridgehead atoms. The van der Waals surface area contributed by atoms with Gasteiger partial charge in [-0.1, -0.05) is 17.7 Å². The van der Waals surface area contributed by atoms with Gasteiger partial charge in [-0.2, -0.15) is 0 Å². The van der Waals surface area contributed by atoms with Gasteiger partial charge < -0.3 is 19.7 Å². The lowest BCUT2D eigenvalue weighted by Crippen LogP contribution is -2.30. The second-order valence-corrected chi connectivity index (χ2v) is 7.46. The first-order chi connectivity index (χ1) is 14.5. The molecular formula is C23H27ClN2O4. The number of nitrogens with one attached hydrogen (secondary N) is 1. The predicted molar refractivity (Wildman–Crippen MR) is 118 cm³/mol. The van der Waals surface area contributed by atoms with Crippen molar-refractivity contribution in [1.29, 1.82) is 0 Å². The molecule has 0 aromatic heterocycles. The zero-order chi connectivity index (χ0) is 21.5. The van der Waals surface area contributed by atoms with Gasteiger partial charge in [0, 0.05) is 31.6 Å². The molecule has 0 aliphatic carbocycles. The third-order valence-electron chi connectivity index (χ3n) is 4.99. The topological polar surface area (TPSA) is 67.9 Å². The van der Waals surface area contributed by atoms with E-state index < -0.39 is 0 Å². The fourth-order valence-corrected chi connectivity index (χ4v) is 3.55. The maximum absolute atomic E-state index is 12.5. The Hall–Kier alpha value is -2.73. The highest BCUT2D eigenvalue weighted by atomic mass is 35.5. The summed E-state index contributed by atoms with van der Waals surface area (Å²) in [5.41, 5.74) is 2.01. The Kier molecular flexibility index (Phi) is 7.57. The van der Waals surface area contributed by atoms with E-state index >= 15 is 0 Å². The number of carbonyl (C=O) groups excluding carboxylic acids is 2. The van der Waals surface area contributed by atoms with Gasteiger partial charge in [0.05, 0.1) is 23.8 Å². The lowest BCUT2D eigenvalue weighted by atomic mass is 10.1. The number of anilines is 1. The minimum atomic E-state index is -0.124. The van der Waals surface area contributed by atoms with Crippen LogP contribution in [0.25, 0.3) is 0 Å². The van der Waals surface area contributed by atoms with Crippen molar-refractivity contribution < 1.29 is 19.1 Å². The maximum atomic E-state index is 12.5. The number of hydrogen-bond acceptors (Lipinski definition) is 4. The molecule has 1 N–H and O–H groups in total. The second-order valence-electron chi connectivity index (χ2n) is 7.05. The summed E-state index contributed by atoms with van der Waals surface area (Å²) in [4.78, 5) is 26.6. The van der Waals surface area contributed by atoms with Crippen LogP contribution in [0.15, 0.2) is 36.4 Å². The van der Waals surface area contributed by atoms with E-state index in [0.717, 1.165) is 23.5 Å². The van der Waals surface area contributed by atoms with E-state index in [-0.39, 0.29) is 11.8 Å². The number of halogens is 1. The molecule has 0 atom stereocenters. The molecular weight excluding hydrogens is 404 g/mol. The number of aryl methyl sites for hydroxylation is 1. The largest absolute Gasteiger partial charge is 0.490 e. The Morgan fingerprint density at radius 1 is 1.03 bits per heavy atom. The molecule has 1 aliphatic rings. The molecule has 2 amide bonds. The standard InChI is InChI=1S/C23H27ClN2O4/c1-3-26(4-2)23(28)18-9-8-17(15-19(18)24)25-22(27)11-7-16-6-10-20-21(14-16)30-13-5-12-29-20/h6,8-10,14-15H,3-5,7,11-13H2,1-2H3,(H,25,27). The van der Waals surface area contributed by atoms with Crippen LogP contribution in [0.4, 0.5) is 5.69 Å². The van der Waals surface area contributed by atoms with Crippen LogP contribution in [-0.4, -0.2) is 43.0 Å². The average Bonchev–Trinajstić information content (AvgIpc) is 2.98. The first-order valence-electron chi connectivity index (χ1n) is 10.3. The Morgan fingerprint density at radius 3 is 2.47 bits per heavy atom. The van der Waals surface area contributed by atoms with Gasteiger partial charge in [-0.05, 0) is 56.2 Å². The number of nitrogens with zero attached hydrogens (tertiary/aromatic N) is 1. The van der Waals surface area contributed by atoms with Crippen molar-refractivity contribution in [2.24, 2.45) is 0 Å². The molecule has 2 aromatic rings. The fourth-order valence-electron chi connectivity index (χ4n) is 3.29. The lowest BCUT2D eigenvalue weighted by molar-refractivity contribution is -0.116. The van der Waals surface area contributed by atoms with Crippen molar-refractivity contribution in [2.75, 3.05) is 31.6 Å². The van der Waals surface area contributed by atoms with Crippen LogP contribution < -0.4 is 14.8 Å². The van der Waals surface area contributed by atoms with Gasteiger partial charge in [-0.3, -0.25) is 9.59 Å². The Bertz CT molecular complexity index is 912.